The van der Waals surface area contributed by atoms with Gasteiger partial charge >= 0.3 is 0 Å². The number of anilines is 1. The van der Waals surface area contributed by atoms with E-state index in [1.54, 1.807) is 48.8 Å². The molecular weight excluding hydrogens is 503 g/mol. The van der Waals surface area contributed by atoms with Crippen LogP contribution in [0.5, 0.6) is 0 Å². The number of hydrogen-bond acceptors (Lipinski definition) is 7. The number of pyridine rings is 1. The fourth-order valence-electron chi connectivity index (χ4n) is 4.35. The van der Waals surface area contributed by atoms with Gasteiger partial charge in [0.2, 0.25) is 11.8 Å². The maximum absolute atomic E-state index is 14.4. The van der Waals surface area contributed by atoms with Gasteiger partial charge < -0.3 is 16.0 Å². The predicted octanol–water partition coefficient (Wildman–Crippen LogP) is 2.22. The molecule has 13 heteroatoms. The Kier molecular flexibility index (Phi) is 6.49. The van der Waals surface area contributed by atoms with Crippen LogP contribution < -0.4 is 11.1 Å². The molecular formula is C24H20ClFN8O3. The van der Waals surface area contributed by atoms with Gasteiger partial charge in [0, 0.05) is 23.6 Å². The van der Waals surface area contributed by atoms with Crippen LogP contribution >= 0.6 is 11.6 Å². The maximum atomic E-state index is 14.4. The number of hydrogen-bond donors (Lipinski definition) is 2. The second-order valence-corrected chi connectivity index (χ2v) is 8.82. The van der Waals surface area contributed by atoms with E-state index in [1.807, 2.05) is 0 Å². The van der Waals surface area contributed by atoms with Crippen molar-refractivity contribution in [1.82, 2.24) is 29.9 Å². The molecule has 1 aliphatic heterocycles. The largest absolute Gasteiger partial charge is 0.364 e. The van der Waals surface area contributed by atoms with E-state index in [0.29, 0.717) is 10.9 Å². The molecule has 0 saturated carbocycles. The number of amides is 3. The van der Waals surface area contributed by atoms with Crippen LogP contribution in [0.25, 0.3) is 22.0 Å². The van der Waals surface area contributed by atoms with E-state index in [-0.39, 0.29) is 36.0 Å². The quantitative estimate of drug-likeness (QED) is 0.369. The van der Waals surface area contributed by atoms with Crippen LogP contribution in [-0.4, -0.2) is 66.3 Å². The molecule has 11 nitrogen and oxygen atoms in total. The molecule has 0 spiro atoms. The number of benzene rings is 1. The van der Waals surface area contributed by atoms with Gasteiger partial charge in [-0.1, -0.05) is 17.7 Å². The molecule has 3 aromatic heterocycles. The van der Waals surface area contributed by atoms with Crippen LogP contribution in [-0.2, 0) is 16.1 Å². The molecule has 188 valence electrons. The Bertz CT molecular complexity index is 1510. The van der Waals surface area contributed by atoms with Crippen LogP contribution in [0.4, 0.5) is 10.1 Å². The summed E-state index contributed by atoms with van der Waals surface area (Å²) in [5.41, 5.74) is 7.79. The Labute approximate surface area is 214 Å². The number of likely N-dealkylation sites (tertiary alicyclic amines) is 1. The first-order chi connectivity index (χ1) is 17.8. The first-order valence-corrected chi connectivity index (χ1v) is 11.6. The molecule has 1 fully saturated rings. The lowest BCUT2D eigenvalue weighted by molar-refractivity contribution is -0.137. The van der Waals surface area contributed by atoms with E-state index >= 15 is 0 Å². The highest BCUT2D eigenvalue weighted by atomic mass is 35.5. The molecule has 0 radical (unpaired) electrons. The number of carbonyl (C=O) groups excluding carboxylic acids is 3. The van der Waals surface area contributed by atoms with Gasteiger partial charge in [-0.2, -0.15) is 15.3 Å². The molecule has 3 N–H and O–H groups in total. The average Bonchev–Trinajstić information content (AvgIpc) is 3.46. The van der Waals surface area contributed by atoms with Gasteiger partial charge in [-0.15, -0.1) is 0 Å². The fraction of sp³-hybridized carbons (Fsp3) is 0.208. The van der Waals surface area contributed by atoms with Gasteiger partial charge in [0.25, 0.3) is 5.91 Å². The molecule has 4 heterocycles. The number of rotatable bonds is 6. The highest BCUT2D eigenvalue weighted by Gasteiger charge is 2.40. The number of primary amides is 1. The summed E-state index contributed by atoms with van der Waals surface area (Å²) >= 11 is 6.01. The summed E-state index contributed by atoms with van der Waals surface area (Å²) in [5.74, 6) is -1.89. The van der Waals surface area contributed by atoms with Crippen LogP contribution in [0.3, 0.4) is 0 Å². The van der Waals surface area contributed by atoms with Crippen LogP contribution in [0.15, 0.2) is 55.0 Å². The molecule has 4 aromatic rings. The second-order valence-electron chi connectivity index (χ2n) is 8.46. The van der Waals surface area contributed by atoms with Crippen molar-refractivity contribution in [2.75, 3.05) is 11.9 Å². The smallest absolute Gasteiger partial charge is 0.269 e. The number of nitrogens with one attached hydrogen (secondary N) is 1. The molecule has 1 aliphatic rings. The van der Waals surface area contributed by atoms with E-state index in [9.17, 15) is 18.8 Å². The van der Waals surface area contributed by atoms with E-state index in [2.05, 4.69) is 25.6 Å². The summed E-state index contributed by atoms with van der Waals surface area (Å²) in [5, 5.41) is 15.0. The van der Waals surface area contributed by atoms with Crippen LogP contribution in [0.1, 0.15) is 16.9 Å². The number of nitrogens with zero attached hydrogens (tertiary/aromatic N) is 6. The Morgan fingerprint density at radius 2 is 1.97 bits per heavy atom. The monoisotopic (exact) mass is 522 g/mol. The van der Waals surface area contributed by atoms with Crippen LogP contribution in [0.2, 0.25) is 5.15 Å². The molecule has 5 rings (SSSR count). The maximum Gasteiger partial charge on any atom is 0.269 e. The van der Waals surface area contributed by atoms with Crippen molar-refractivity contribution in [3.63, 3.8) is 0 Å². The lowest BCUT2D eigenvalue weighted by atomic mass is 10.0. The summed E-state index contributed by atoms with van der Waals surface area (Å²) in [6.45, 7) is -0.581. The minimum absolute atomic E-state index is 0.0167. The Balaban J connectivity index is 1.41. The third kappa shape index (κ3) is 4.83. The molecule has 3 amide bonds. The zero-order valence-electron chi connectivity index (χ0n) is 19.2. The number of halogens is 2. The summed E-state index contributed by atoms with van der Waals surface area (Å²) in [7, 11) is 0. The molecule has 0 bridgehead atoms. The summed E-state index contributed by atoms with van der Waals surface area (Å²) in [6, 6.07) is 9.06. The average molecular weight is 523 g/mol. The van der Waals surface area contributed by atoms with Crippen molar-refractivity contribution in [3.8, 4) is 11.1 Å². The zero-order chi connectivity index (χ0) is 26.1. The standard InChI is InChI=1S/C24H20ClFN8O3/c25-22-17(2-1-6-28-22)31-24(37)19-9-15(26)11-33(19)20(35)12-34-18-4-3-13(14-5-7-29-30-10-14)8-16(18)21(32-34)23(27)36/h1-8,10,15,19H,9,11-12H2,(H2,27,36)(H,31,37). The molecule has 1 saturated heterocycles. The minimum atomic E-state index is -1.38. The number of aromatic nitrogens is 5. The predicted molar refractivity (Wildman–Crippen MR) is 132 cm³/mol. The van der Waals surface area contributed by atoms with Gasteiger partial charge in [-0.3, -0.25) is 19.1 Å². The molecule has 2 unspecified atom stereocenters. The molecule has 2 atom stereocenters. The lowest BCUT2D eigenvalue weighted by Crippen LogP contribution is -2.44. The van der Waals surface area contributed by atoms with E-state index in [1.165, 1.54) is 15.8 Å². The number of fused-ring (bicyclic) bond motifs is 1. The van der Waals surface area contributed by atoms with Crippen molar-refractivity contribution < 1.29 is 18.8 Å². The van der Waals surface area contributed by atoms with Crippen molar-refractivity contribution >= 4 is 45.9 Å². The van der Waals surface area contributed by atoms with Gasteiger partial charge in [0.1, 0.15) is 18.8 Å². The van der Waals surface area contributed by atoms with Crippen molar-refractivity contribution in [1.29, 1.82) is 0 Å². The Morgan fingerprint density at radius 1 is 1.14 bits per heavy atom. The molecule has 37 heavy (non-hydrogen) atoms. The van der Waals surface area contributed by atoms with Gasteiger partial charge in [0.15, 0.2) is 10.8 Å². The third-order valence-corrected chi connectivity index (χ3v) is 6.38. The van der Waals surface area contributed by atoms with Crippen molar-refractivity contribution in [3.05, 3.63) is 65.8 Å². The summed E-state index contributed by atoms with van der Waals surface area (Å²) < 4.78 is 15.7. The first-order valence-electron chi connectivity index (χ1n) is 11.2. The summed E-state index contributed by atoms with van der Waals surface area (Å²) in [6.07, 6.45) is 3.04. The highest BCUT2D eigenvalue weighted by molar-refractivity contribution is 6.32. The van der Waals surface area contributed by atoms with Crippen LogP contribution in [0, 0.1) is 0 Å². The normalized spacial score (nSPS) is 17.2. The van der Waals surface area contributed by atoms with E-state index in [0.717, 1.165) is 11.1 Å². The first kappa shape index (κ1) is 24.3. The Morgan fingerprint density at radius 3 is 2.70 bits per heavy atom. The van der Waals surface area contributed by atoms with Crippen molar-refractivity contribution in [2.24, 2.45) is 5.73 Å². The van der Waals surface area contributed by atoms with E-state index in [4.69, 9.17) is 17.3 Å². The van der Waals surface area contributed by atoms with Gasteiger partial charge in [-0.25, -0.2) is 9.37 Å². The second kappa shape index (κ2) is 9.90. The zero-order valence-corrected chi connectivity index (χ0v) is 20.0. The van der Waals surface area contributed by atoms with Gasteiger partial charge in [0.05, 0.1) is 30.1 Å². The van der Waals surface area contributed by atoms with Crippen molar-refractivity contribution in [2.45, 2.75) is 25.2 Å². The molecule has 0 aliphatic carbocycles. The fourth-order valence-corrected chi connectivity index (χ4v) is 4.51. The number of alkyl halides is 1. The SMILES string of the molecule is NC(=O)c1nn(CC(=O)N2CC(F)CC2C(=O)Nc2cccnc2Cl)c2ccc(-c3ccnnc3)cc12. The van der Waals surface area contributed by atoms with E-state index < -0.39 is 29.9 Å². The topological polar surface area (TPSA) is 149 Å². The molecule has 1 aromatic carbocycles. The van der Waals surface area contributed by atoms with Gasteiger partial charge in [-0.05, 0) is 35.9 Å². The number of nitrogens with two attached hydrogens (primary N) is 1. The summed E-state index contributed by atoms with van der Waals surface area (Å²) in [4.78, 5) is 43.3. The lowest BCUT2D eigenvalue weighted by Gasteiger charge is -2.23. The minimum Gasteiger partial charge on any atom is -0.364 e. The number of carbonyl (C=O) groups is 3. The Hall–Kier alpha value is -4.45. The highest BCUT2D eigenvalue weighted by Crippen LogP contribution is 2.28. The third-order valence-electron chi connectivity index (χ3n) is 6.08.